The quantitative estimate of drug-likeness (QED) is 0.639. The zero-order valence-corrected chi connectivity index (χ0v) is 10.9. The predicted octanol–water partition coefficient (Wildman–Crippen LogP) is 4.50. The van der Waals surface area contributed by atoms with Crippen LogP contribution in [0.4, 0.5) is 0 Å². The molecule has 1 saturated carbocycles. The molecule has 1 aromatic carbocycles. The molecule has 0 bridgehead atoms. The molecule has 3 aromatic rings. The highest BCUT2D eigenvalue weighted by atomic mass is 32.1. The molecule has 0 radical (unpaired) electrons. The lowest BCUT2D eigenvalue weighted by Gasteiger charge is -2.08. The average Bonchev–Trinajstić information content (AvgIpc) is 3.05. The van der Waals surface area contributed by atoms with Gasteiger partial charge in [-0.3, -0.25) is 4.98 Å². The Morgan fingerprint density at radius 1 is 1.06 bits per heavy atom. The van der Waals surface area contributed by atoms with Gasteiger partial charge in [0.25, 0.3) is 0 Å². The van der Waals surface area contributed by atoms with E-state index in [9.17, 15) is 0 Å². The first-order valence-electron chi connectivity index (χ1n) is 6.55. The van der Waals surface area contributed by atoms with Crippen LogP contribution in [0.15, 0.2) is 30.6 Å². The summed E-state index contributed by atoms with van der Waals surface area (Å²) >= 11 is 1.76. The molecular weight excluding hydrogens is 240 g/mol. The molecule has 2 heterocycles. The van der Waals surface area contributed by atoms with Crippen molar-refractivity contribution >= 4 is 31.8 Å². The van der Waals surface area contributed by atoms with Gasteiger partial charge >= 0.3 is 0 Å². The number of aromatic nitrogens is 2. The Kier molecular flexibility index (Phi) is 2.33. The summed E-state index contributed by atoms with van der Waals surface area (Å²) in [7, 11) is 0. The van der Waals surface area contributed by atoms with E-state index in [1.807, 2.05) is 0 Å². The van der Waals surface area contributed by atoms with Gasteiger partial charge < -0.3 is 0 Å². The van der Waals surface area contributed by atoms with E-state index in [0.717, 1.165) is 16.3 Å². The Morgan fingerprint density at radius 2 is 1.89 bits per heavy atom. The number of hydrogen-bond donors (Lipinski definition) is 0. The fourth-order valence-electron chi connectivity index (χ4n) is 3.02. The lowest BCUT2D eigenvalue weighted by molar-refractivity contribution is 0.724. The van der Waals surface area contributed by atoms with E-state index in [0.29, 0.717) is 0 Å². The van der Waals surface area contributed by atoms with E-state index >= 15 is 0 Å². The molecule has 18 heavy (non-hydrogen) atoms. The highest BCUT2D eigenvalue weighted by Crippen LogP contribution is 2.38. The minimum Gasteiger partial charge on any atom is -0.251 e. The van der Waals surface area contributed by atoms with Gasteiger partial charge in [-0.05, 0) is 30.4 Å². The summed E-state index contributed by atoms with van der Waals surface area (Å²) in [6, 6.07) is 6.88. The highest BCUT2D eigenvalue weighted by molar-refractivity contribution is 7.25. The van der Waals surface area contributed by atoms with Crippen molar-refractivity contribution in [3.63, 3.8) is 0 Å². The van der Waals surface area contributed by atoms with E-state index in [-0.39, 0.29) is 0 Å². The second-order valence-corrected chi connectivity index (χ2v) is 6.08. The zero-order valence-electron chi connectivity index (χ0n) is 10.1. The summed E-state index contributed by atoms with van der Waals surface area (Å²) in [5.74, 6) is 0.778. The third-order valence-corrected chi connectivity index (χ3v) is 5.01. The molecule has 1 aliphatic rings. The fraction of sp³-hybridized carbons (Fsp3) is 0.333. The van der Waals surface area contributed by atoms with Gasteiger partial charge in [-0.1, -0.05) is 25.0 Å². The molecule has 0 spiro atoms. The van der Waals surface area contributed by atoms with Gasteiger partial charge in [0.05, 0.1) is 0 Å². The van der Waals surface area contributed by atoms with Crippen molar-refractivity contribution in [2.24, 2.45) is 0 Å². The Bertz CT molecular complexity index is 711. The topological polar surface area (TPSA) is 25.8 Å². The van der Waals surface area contributed by atoms with Crippen LogP contribution in [0.2, 0.25) is 0 Å². The lowest BCUT2D eigenvalue weighted by Crippen LogP contribution is -1.90. The molecule has 4 rings (SSSR count). The van der Waals surface area contributed by atoms with Crippen molar-refractivity contribution in [2.75, 3.05) is 0 Å². The summed E-state index contributed by atoms with van der Waals surface area (Å²) in [4.78, 5) is 9.90. The molecule has 2 aromatic heterocycles. The highest BCUT2D eigenvalue weighted by Gasteiger charge is 2.18. The van der Waals surface area contributed by atoms with Crippen LogP contribution in [0.3, 0.4) is 0 Å². The van der Waals surface area contributed by atoms with Gasteiger partial charge in [0.2, 0.25) is 0 Å². The lowest BCUT2D eigenvalue weighted by atomic mass is 9.97. The van der Waals surface area contributed by atoms with Gasteiger partial charge in [0.1, 0.15) is 10.3 Å². The number of thiophene rings is 1. The molecule has 2 nitrogen and oxygen atoms in total. The van der Waals surface area contributed by atoms with E-state index in [2.05, 4.69) is 28.2 Å². The van der Waals surface area contributed by atoms with Crippen LogP contribution in [0.25, 0.3) is 20.4 Å². The number of nitrogens with zero attached hydrogens (tertiary/aromatic N) is 2. The molecule has 0 aliphatic heterocycles. The molecule has 90 valence electrons. The Morgan fingerprint density at radius 3 is 2.78 bits per heavy atom. The molecule has 0 unspecified atom stereocenters. The van der Waals surface area contributed by atoms with E-state index in [4.69, 9.17) is 0 Å². The van der Waals surface area contributed by atoms with Gasteiger partial charge in [-0.2, -0.15) is 0 Å². The second kappa shape index (κ2) is 4.02. The monoisotopic (exact) mass is 254 g/mol. The summed E-state index contributed by atoms with van der Waals surface area (Å²) in [5.41, 5.74) is 2.56. The minimum absolute atomic E-state index is 0.778. The van der Waals surface area contributed by atoms with Crippen molar-refractivity contribution in [2.45, 2.75) is 31.6 Å². The van der Waals surface area contributed by atoms with Gasteiger partial charge in [-0.25, -0.2) is 4.98 Å². The fourth-order valence-corrected chi connectivity index (χ4v) is 4.07. The van der Waals surface area contributed by atoms with Crippen LogP contribution >= 0.6 is 11.3 Å². The van der Waals surface area contributed by atoms with Crippen LogP contribution in [-0.2, 0) is 0 Å². The Labute approximate surface area is 110 Å². The van der Waals surface area contributed by atoms with Crippen LogP contribution in [-0.4, -0.2) is 9.97 Å². The molecule has 0 amide bonds. The number of fused-ring (bicyclic) bond motifs is 3. The van der Waals surface area contributed by atoms with E-state index in [1.54, 1.807) is 23.7 Å². The third-order valence-electron chi connectivity index (χ3n) is 3.96. The van der Waals surface area contributed by atoms with Crippen molar-refractivity contribution in [1.82, 2.24) is 9.97 Å². The molecule has 1 aliphatic carbocycles. The standard InChI is InChI=1S/C15H14N2S/c1-2-4-10(3-1)11-5-6-12-13(9-11)18-15-14(12)16-7-8-17-15/h5-10H,1-4H2. The first kappa shape index (κ1) is 10.4. The van der Waals surface area contributed by atoms with Crippen molar-refractivity contribution < 1.29 is 0 Å². The molecule has 1 fully saturated rings. The third kappa shape index (κ3) is 1.54. The largest absolute Gasteiger partial charge is 0.251 e. The van der Waals surface area contributed by atoms with E-state index < -0.39 is 0 Å². The summed E-state index contributed by atoms with van der Waals surface area (Å²) in [6.07, 6.45) is 9.03. The predicted molar refractivity (Wildman–Crippen MR) is 76.1 cm³/mol. The smallest absolute Gasteiger partial charge is 0.143 e. The first-order chi connectivity index (χ1) is 8.92. The first-order valence-corrected chi connectivity index (χ1v) is 7.36. The van der Waals surface area contributed by atoms with Crippen LogP contribution in [0, 0.1) is 0 Å². The Balaban J connectivity index is 1.92. The van der Waals surface area contributed by atoms with Crippen molar-refractivity contribution in [3.05, 3.63) is 36.2 Å². The minimum atomic E-state index is 0.778. The molecule has 0 atom stereocenters. The summed E-state index contributed by atoms with van der Waals surface area (Å²) in [6.45, 7) is 0. The second-order valence-electron chi connectivity index (χ2n) is 5.05. The molecule has 0 saturated heterocycles. The molecule has 0 N–H and O–H groups in total. The van der Waals surface area contributed by atoms with Crippen molar-refractivity contribution in [1.29, 1.82) is 0 Å². The maximum atomic E-state index is 4.44. The number of rotatable bonds is 1. The summed E-state index contributed by atoms with van der Waals surface area (Å²) < 4.78 is 1.33. The van der Waals surface area contributed by atoms with E-state index in [1.165, 1.54) is 41.3 Å². The average molecular weight is 254 g/mol. The SMILES string of the molecule is c1cnc2c(n1)sc1cc(C3CCCC3)ccc12. The maximum Gasteiger partial charge on any atom is 0.143 e. The maximum absolute atomic E-state index is 4.44. The van der Waals surface area contributed by atoms with Crippen molar-refractivity contribution in [3.8, 4) is 0 Å². The van der Waals surface area contributed by atoms with Gasteiger partial charge in [0, 0.05) is 22.5 Å². The van der Waals surface area contributed by atoms with Gasteiger partial charge in [0.15, 0.2) is 0 Å². The number of benzene rings is 1. The summed E-state index contributed by atoms with van der Waals surface area (Å²) in [5, 5.41) is 1.25. The normalized spacial score (nSPS) is 16.9. The molecule has 3 heteroatoms. The van der Waals surface area contributed by atoms with Crippen LogP contribution in [0.1, 0.15) is 37.2 Å². The van der Waals surface area contributed by atoms with Crippen LogP contribution < -0.4 is 0 Å². The zero-order chi connectivity index (χ0) is 11.9. The Hall–Kier alpha value is -1.48. The molecular formula is C15H14N2S. The number of hydrogen-bond acceptors (Lipinski definition) is 3. The van der Waals surface area contributed by atoms with Crippen LogP contribution in [0.5, 0.6) is 0 Å². The van der Waals surface area contributed by atoms with Gasteiger partial charge in [-0.15, -0.1) is 11.3 Å².